The SMILES string of the molecule is CC(C)(C)OC(=O)C[C@@H](CCCC1CCCCC1)c1nc(CN2CCC(O)CC2)no1.O=C(O)C[C@@H](CCCC1CCCCC1)c1nc(CN2CCC(O)CC2)no1. The molecule has 0 unspecified atom stereocenters. The number of carboxylic acids is 1. The number of ether oxygens (including phenoxy) is 1. The van der Waals surface area contributed by atoms with Crippen LogP contribution in [0.4, 0.5) is 0 Å². The summed E-state index contributed by atoms with van der Waals surface area (Å²) < 4.78 is 16.6. The molecule has 2 saturated heterocycles. The van der Waals surface area contributed by atoms with E-state index < -0.39 is 11.6 Å². The Labute approximate surface area is 346 Å². The van der Waals surface area contributed by atoms with E-state index >= 15 is 0 Å². The minimum atomic E-state index is -0.817. The van der Waals surface area contributed by atoms with Crippen LogP contribution in [0.25, 0.3) is 0 Å². The molecule has 58 heavy (non-hydrogen) atoms. The Morgan fingerprint density at radius 3 is 1.48 bits per heavy atom. The molecule has 2 aliphatic carbocycles. The average Bonchev–Trinajstić information content (AvgIpc) is 3.86. The molecular weight excluding hydrogens is 741 g/mol. The Morgan fingerprint density at radius 1 is 0.672 bits per heavy atom. The van der Waals surface area contributed by atoms with E-state index in [4.69, 9.17) is 13.8 Å². The molecule has 0 radical (unpaired) electrons. The first-order chi connectivity index (χ1) is 27.9. The van der Waals surface area contributed by atoms with Crippen molar-refractivity contribution in [3.8, 4) is 0 Å². The normalized spacial score (nSPS) is 21.0. The Morgan fingerprint density at radius 2 is 1.09 bits per heavy atom. The van der Waals surface area contributed by atoms with Crippen molar-refractivity contribution >= 4 is 11.9 Å². The second kappa shape index (κ2) is 23.7. The van der Waals surface area contributed by atoms with Crippen molar-refractivity contribution in [2.75, 3.05) is 26.2 Å². The van der Waals surface area contributed by atoms with Crippen molar-refractivity contribution in [3.63, 3.8) is 0 Å². The van der Waals surface area contributed by atoms with Crippen LogP contribution in [0.1, 0.15) is 197 Å². The summed E-state index contributed by atoms with van der Waals surface area (Å²) in [5.41, 5.74) is -0.497. The number of nitrogens with zero attached hydrogens (tertiary/aromatic N) is 6. The van der Waals surface area contributed by atoms with Crippen LogP contribution in [-0.4, -0.2) is 101 Å². The van der Waals surface area contributed by atoms with Gasteiger partial charge in [-0.25, -0.2) is 0 Å². The molecular formula is C44H74N6O8. The zero-order valence-corrected chi connectivity index (χ0v) is 35.8. The molecule has 2 aliphatic heterocycles. The number of carboxylic acid groups (broad SMARTS) is 1. The first-order valence-electron chi connectivity index (χ1n) is 22.8. The van der Waals surface area contributed by atoms with Gasteiger partial charge in [-0.1, -0.05) is 100 Å². The van der Waals surface area contributed by atoms with E-state index in [1.165, 1.54) is 77.0 Å². The van der Waals surface area contributed by atoms with Gasteiger partial charge in [0, 0.05) is 38.0 Å². The van der Waals surface area contributed by atoms with E-state index in [-0.39, 0.29) is 42.9 Å². The fourth-order valence-electron chi connectivity index (χ4n) is 9.23. The van der Waals surface area contributed by atoms with Crippen LogP contribution >= 0.6 is 0 Å². The van der Waals surface area contributed by atoms with Crippen LogP contribution in [0.3, 0.4) is 0 Å². The van der Waals surface area contributed by atoms with Crippen LogP contribution in [-0.2, 0) is 27.4 Å². The Balaban J connectivity index is 0.000000223. The summed E-state index contributed by atoms with van der Waals surface area (Å²) >= 11 is 0. The predicted molar refractivity (Wildman–Crippen MR) is 219 cm³/mol. The third-order valence-corrected chi connectivity index (χ3v) is 12.5. The Bertz CT molecular complexity index is 1470. The van der Waals surface area contributed by atoms with E-state index in [1.807, 2.05) is 20.8 Å². The lowest BCUT2D eigenvalue weighted by atomic mass is 9.84. The van der Waals surface area contributed by atoms with E-state index in [2.05, 4.69) is 30.1 Å². The number of hydrogen-bond donors (Lipinski definition) is 3. The summed E-state index contributed by atoms with van der Waals surface area (Å²) in [5, 5.41) is 36.8. The largest absolute Gasteiger partial charge is 0.481 e. The molecule has 4 heterocycles. The van der Waals surface area contributed by atoms with Gasteiger partial charge in [-0.2, -0.15) is 9.97 Å². The maximum absolute atomic E-state index is 12.5. The lowest BCUT2D eigenvalue weighted by Gasteiger charge is -2.28. The van der Waals surface area contributed by atoms with Gasteiger partial charge >= 0.3 is 11.9 Å². The molecule has 328 valence electrons. The highest BCUT2D eigenvalue weighted by Crippen LogP contribution is 2.33. The maximum atomic E-state index is 12.5. The topological polar surface area (TPSA) is 188 Å². The first kappa shape index (κ1) is 46.1. The minimum absolute atomic E-state index is 0.0439. The fraction of sp³-hybridized carbons (Fsp3) is 0.864. The van der Waals surface area contributed by atoms with Gasteiger partial charge < -0.3 is 29.1 Å². The van der Waals surface area contributed by atoms with Gasteiger partial charge in [-0.05, 0) is 71.1 Å². The molecule has 0 amide bonds. The molecule has 6 rings (SSSR count). The molecule has 2 atom stereocenters. The van der Waals surface area contributed by atoms with E-state index in [0.717, 1.165) is 89.4 Å². The molecule has 2 aromatic rings. The second-order valence-electron chi connectivity index (χ2n) is 18.8. The number of esters is 1. The number of rotatable bonds is 18. The third kappa shape index (κ3) is 17.0. The van der Waals surface area contributed by atoms with Gasteiger partial charge in [0.15, 0.2) is 11.6 Å². The number of hydrogen-bond acceptors (Lipinski definition) is 13. The summed E-state index contributed by atoms with van der Waals surface area (Å²) in [6, 6.07) is 0. The quantitative estimate of drug-likeness (QED) is 0.123. The first-order valence-corrected chi connectivity index (χ1v) is 22.8. The summed E-state index contributed by atoms with van der Waals surface area (Å²) in [6.45, 7) is 10.2. The standard InChI is InChI=1S/C24H41N3O4.C20H33N3O4/c1-24(2,3)30-22(29)16-19(11-7-10-18-8-5-4-6-9-18)23-25-21(26-31-23)17-27-14-12-20(28)13-15-27;24-17-9-11-23(12-10-17)14-18-21-20(27-22-18)16(13-19(25)26)8-4-7-15-5-2-1-3-6-15/h18-20,28H,4-17H2,1-3H3;15-17,24H,1-14H2,(H,25,26)/t19-;16-/m11/s1. The number of aliphatic carboxylic acids is 1. The van der Waals surface area contributed by atoms with Crippen LogP contribution in [0.5, 0.6) is 0 Å². The maximum Gasteiger partial charge on any atom is 0.307 e. The summed E-state index contributed by atoms with van der Waals surface area (Å²) in [5.74, 6) is 2.60. The molecule has 14 heteroatoms. The molecule has 4 aliphatic rings. The van der Waals surface area contributed by atoms with Gasteiger partial charge in [0.25, 0.3) is 0 Å². The lowest BCUT2D eigenvalue weighted by Crippen LogP contribution is -2.35. The monoisotopic (exact) mass is 815 g/mol. The van der Waals surface area contributed by atoms with Gasteiger partial charge in [0.2, 0.25) is 11.8 Å². The van der Waals surface area contributed by atoms with Crippen molar-refractivity contribution in [2.24, 2.45) is 11.8 Å². The van der Waals surface area contributed by atoms with Crippen LogP contribution in [0, 0.1) is 11.8 Å². The molecule has 4 fully saturated rings. The van der Waals surface area contributed by atoms with Gasteiger partial charge in [-0.15, -0.1) is 0 Å². The highest BCUT2D eigenvalue weighted by atomic mass is 16.6. The van der Waals surface area contributed by atoms with Gasteiger partial charge in [-0.3, -0.25) is 19.4 Å². The zero-order valence-electron chi connectivity index (χ0n) is 35.8. The molecule has 2 aromatic heterocycles. The molecule has 0 aromatic carbocycles. The average molecular weight is 815 g/mol. The summed E-state index contributed by atoms with van der Waals surface area (Å²) in [6.07, 6.45) is 22.6. The number of carbonyl (C=O) groups excluding carboxylic acids is 1. The molecule has 14 nitrogen and oxygen atoms in total. The number of aromatic nitrogens is 4. The summed E-state index contributed by atoms with van der Waals surface area (Å²) in [4.78, 5) is 37.4. The number of piperidine rings is 2. The molecule has 3 N–H and O–H groups in total. The number of likely N-dealkylation sites (tertiary alicyclic amines) is 2. The van der Waals surface area contributed by atoms with Crippen molar-refractivity contribution in [2.45, 2.75) is 205 Å². The van der Waals surface area contributed by atoms with Gasteiger partial charge in [0.05, 0.1) is 38.1 Å². The molecule has 0 spiro atoms. The van der Waals surface area contributed by atoms with E-state index in [9.17, 15) is 24.9 Å². The Kier molecular flexibility index (Phi) is 18.9. The predicted octanol–water partition coefficient (Wildman–Crippen LogP) is 7.93. The number of carbonyl (C=O) groups is 2. The van der Waals surface area contributed by atoms with E-state index in [0.29, 0.717) is 36.5 Å². The van der Waals surface area contributed by atoms with Crippen LogP contribution in [0.2, 0.25) is 0 Å². The van der Waals surface area contributed by atoms with Crippen molar-refractivity contribution in [3.05, 3.63) is 23.4 Å². The minimum Gasteiger partial charge on any atom is -0.481 e. The number of aliphatic hydroxyl groups excluding tert-OH is 2. The number of aliphatic hydroxyl groups is 2. The zero-order chi connectivity index (χ0) is 41.3. The highest BCUT2D eigenvalue weighted by Gasteiger charge is 2.28. The van der Waals surface area contributed by atoms with Crippen molar-refractivity contribution in [1.29, 1.82) is 0 Å². The molecule has 2 saturated carbocycles. The van der Waals surface area contributed by atoms with Gasteiger partial charge in [0.1, 0.15) is 5.60 Å². The smallest absolute Gasteiger partial charge is 0.307 e. The summed E-state index contributed by atoms with van der Waals surface area (Å²) in [7, 11) is 0. The van der Waals surface area contributed by atoms with Crippen molar-refractivity contribution < 1.29 is 38.7 Å². The lowest BCUT2D eigenvalue weighted by molar-refractivity contribution is -0.155. The third-order valence-electron chi connectivity index (χ3n) is 12.5. The van der Waals surface area contributed by atoms with Crippen molar-refractivity contribution in [1.82, 2.24) is 30.1 Å². The van der Waals surface area contributed by atoms with Crippen LogP contribution < -0.4 is 0 Å². The molecule has 0 bridgehead atoms. The second-order valence-corrected chi connectivity index (χ2v) is 18.8. The van der Waals surface area contributed by atoms with E-state index in [1.54, 1.807) is 0 Å². The van der Waals surface area contributed by atoms with Crippen LogP contribution in [0.15, 0.2) is 9.05 Å². The fourth-order valence-corrected chi connectivity index (χ4v) is 9.23. The Hall–Kier alpha value is -2.94. The highest BCUT2D eigenvalue weighted by molar-refractivity contribution is 5.70.